The van der Waals surface area contributed by atoms with Crippen molar-refractivity contribution in [2.24, 2.45) is 0 Å². The molecule has 0 atom stereocenters. The van der Waals surface area contributed by atoms with Crippen LogP contribution in [0.3, 0.4) is 0 Å². The number of carbonyl (C=O) groups excluding carboxylic acids is 1. The van der Waals surface area contributed by atoms with Gasteiger partial charge in [-0.05, 0) is 24.3 Å². The Balaban J connectivity index is 2.04. The highest BCUT2D eigenvalue weighted by Crippen LogP contribution is 2.35. The number of fused-ring (bicyclic) bond motifs is 1. The molecule has 3 aromatic rings. The van der Waals surface area contributed by atoms with Crippen molar-refractivity contribution in [1.29, 1.82) is 0 Å². The maximum absolute atomic E-state index is 13.0. The van der Waals surface area contributed by atoms with E-state index in [1.807, 2.05) is 0 Å². The van der Waals surface area contributed by atoms with Gasteiger partial charge in [-0.15, -0.1) is 0 Å². The third kappa shape index (κ3) is 3.01. The van der Waals surface area contributed by atoms with Gasteiger partial charge in [0, 0.05) is 17.1 Å². The lowest BCUT2D eigenvalue weighted by Gasteiger charge is -2.12. The Morgan fingerprint density at radius 3 is 2.39 bits per heavy atom. The van der Waals surface area contributed by atoms with Crippen LogP contribution in [-0.4, -0.2) is 10.9 Å². The van der Waals surface area contributed by atoms with Crippen LogP contribution in [0.5, 0.6) is 0 Å². The van der Waals surface area contributed by atoms with Gasteiger partial charge >= 0.3 is 6.18 Å². The van der Waals surface area contributed by atoms with Gasteiger partial charge in [-0.25, -0.2) is 0 Å². The predicted octanol–water partition coefficient (Wildman–Crippen LogP) is 4.51. The Morgan fingerprint density at radius 2 is 1.70 bits per heavy atom. The Labute approximate surface area is 129 Å². The second-order valence-corrected chi connectivity index (χ2v) is 4.88. The van der Waals surface area contributed by atoms with E-state index in [9.17, 15) is 18.0 Å². The molecule has 116 valence electrons. The smallest absolute Gasteiger partial charge is 0.321 e. The highest BCUT2D eigenvalue weighted by Gasteiger charge is 2.33. The van der Waals surface area contributed by atoms with Gasteiger partial charge < -0.3 is 5.32 Å². The van der Waals surface area contributed by atoms with Gasteiger partial charge in [-0.1, -0.05) is 30.3 Å². The number of carbonyl (C=O) groups is 1. The van der Waals surface area contributed by atoms with E-state index in [2.05, 4.69) is 10.3 Å². The van der Waals surface area contributed by atoms with Crippen molar-refractivity contribution < 1.29 is 18.0 Å². The number of nitrogens with zero attached hydrogens (tertiary/aromatic N) is 1. The number of hydrogen-bond donors (Lipinski definition) is 1. The van der Waals surface area contributed by atoms with Gasteiger partial charge in [0.1, 0.15) is 0 Å². The molecule has 0 aliphatic rings. The van der Waals surface area contributed by atoms with Gasteiger partial charge in [0.2, 0.25) is 0 Å². The Bertz CT molecular complexity index is 861. The van der Waals surface area contributed by atoms with Crippen LogP contribution in [0.2, 0.25) is 0 Å². The van der Waals surface area contributed by atoms with Crippen LogP contribution in [0.4, 0.5) is 18.9 Å². The van der Waals surface area contributed by atoms with E-state index < -0.39 is 17.6 Å². The fourth-order valence-corrected chi connectivity index (χ4v) is 2.30. The molecule has 0 radical (unpaired) electrons. The van der Waals surface area contributed by atoms with Crippen LogP contribution in [0, 0.1) is 0 Å². The van der Waals surface area contributed by atoms with Crippen LogP contribution < -0.4 is 5.32 Å². The zero-order chi connectivity index (χ0) is 16.4. The number of alkyl halides is 3. The lowest BCUT2D eigenvalue weighted by atomic mass is 10.1. The molecule has 1 aromatic heterocycles. The first-order valence-electron chi connectivity index (χ1n) is 6.78. The maximum Gasteiger partial charge on any atom is 0.418 e. The Hall–Kier alpha value is -2.89. The molecule has 1 N–H and O–H groups in total. The first-order valence-corrected chi connectivity index (χ1v) is 6.78. The SMILES string of the molecule is O=C(Nc1ccnc2c(C(F)(F)F)cccc12)c1ccccc1. The zero-order valence-electron chi connectivity index (χ0n) is 11.8. The summed E-state index contributed by atoms with van der Waals surface area (Å²) >= 11 is 0. The van der Waals surface area contributed by atoms with E-state index in [4.69, 9.17) is 0 Å². The quantitative estimate of drug-likeness (QED) is 0.756. The fraction of sp³-hybridized carbons (Fsp3) is 0.0588. The molecule has 0 unspecified atom stereocenters. The maximum atomic E-state index is 13.0. The molecule has 3 nitrogen and oxygen atoms in total. The molecule has 6 heteroatoms. The lowest BCUT2D eigenvalue weighted by Crippen LogP contribution is -2.13. The van der Waals surface area contributed by atoms with Gasteiger partial charge in [-0.2, -0.15) is 13.2 Å². The number of aromatic nitrogens is 1. The summed E-state index contributed by atoms with van der Waals surface area (Å²) in [5.41, 5.74) is -0.309. The fourth-order valence-electron chi connectivity index (χ4n) is 2.30. The number of nitrogens with one attached hydrogen (secondary N) is 1. The summed E-state index contributed by atoms with van der Waals surface area (Å²) in [5, 5.41) is 2.88. The number of rotatable bonds is 2. The van der Waals surface area contributed by atoms with Crippen molar-refractivity contribution in [3.63, 3.8) is 0 Å². The minimum Gasteiger partial charge on any atom is -0.321 e. The van der Waals surface area contributed by atoms with Crippen LogP contribution >= 0.6 is 0 Å². The van der Waals surface area contributed by atoms with E-state index in [0.717, 1.165) is 6.07 Å². The summed E-state index contributed by atoms with van der Waals surface area (Å²) in [6.45, 7) is 0. The summed E-state index contributed by atoms with van der Waals surface area (Å²) in [7, 11) is 0. The molecular formula is C17H11F3N2O. The molecule has 0 bridgehead atoms. The van der Waals surface area contributed by atoms with Gasteiger partial charge in [0.05, 0.1) is 16.8 Å². The monoisotopic (exact) mass is 316 g/mol. The standard InChI is InChI=1S/C17H11F3N2O/c18-17(19,20)13-8-4-7-12-14(9-10-21-15(12)13)22-16(23)11-5-2-1-3-6-11/h1-10H,(H,21,22,23). The van der Waals surface area contributed by atoms with Crippen molar-refractivity contribution in [2.45, 2.75) is 6.18 Å². The molecule has 0 spiro atoms. The number of benzene rings is 2. The molecule has 1 heterocycles. The Morgan fingerprint density at radius 1 is 0.957 bits per heavy atom. The second kappa shape index (κ2) is 5.72. The van der Waals surface area contributed by atoms with Crippen molar-refractivity contribution >= 4 is 22.5 Å². The van der Waals surface area contributed by atoms with E-state index in [1.54, 1.807) is 30.3 Å². The average molecular weight is 316 g/mol. The predicted molar refractivity (Wildman–Crippen MR) is 81.1 cm³/mol. The minimum atomic E-state index is -4.51. The zero-order valence-corrected chi connectivity index (χ0v) is 11.8. The van der Waals surface area contributed by atoms with Crippen molar-refractivity contribution in [3.05, 3.63) is 71.9 Å². The molecule has 3 rings (SSSR count). The van der Waals surface area contributed by atoms with Gasteiger partial charge in [0.25, 0.3) is 5.91 Å². The molecule has 0 aliphatic carbocycles. The third-order valence-electron chi connectivity index (χ3n) is 3.36. The molecule has 1 amide bonds. The highest BCUT2D eigenvalue weighted by molar-refractivity contribution is 6.08. The average Bonchev–Trinajstić information content (AvgIpc) is 2.54. The molecule has 2 aromatic carbocycles. The van der Waals surface area contributed by atoms with E-state index in [-0.39, 0.29) is 16.6 Å². The summed E-state index contributed by atoms with van der Waals surface area (Å²) < 4.78 is 39.1. The summed E-state index contributed by atoms with van der Waals surface area (Å²) in [4.78, 5) is 16.0. The molecule has 23 heavy (non-hydrogen) atoms. The van der Waals surface area contributed by atoms with E-state index in [1.165, 1.54) is 24.4 Å². The number of halogens is 3. The largest absolute Gasteiger partial charge is 0.418 e. The number of para-hydroxylation sites is 1. The summed E-state index contributed by atoms with van der Waals surface area (Å²) in [6, 6.07) is 13.7. The van der Waals surface area contributed by atoms with Crippen molar-refractivity contribution in [2.75, 3.05) is 5.32 Å². The third-order valence-corrected chi connectivity index (χ3v) is 3.36. The van der Waals surface area contributed by atoms with E-state index >= 15 is 0 Å². The number of pyridine rings is 1. The van der Waals surface area contributed by atoms with Crippen molar-refractivity contribution in [1.82, 2.24) is 4.98 Å². The molecule has 0 aliphatic heterocycles. The molecule has 0 fully saturated rings. The van der Waals surface area contributed by atoms with Crippen LogP contribution in [0.1, 0.15) is 15.9 Å². The second-order valence-electron chi connectivity index (χ2n) is 4.88. The first kappa shape index (κ1) is 15.0. The normalized spacial score (nSPS) is 11.4. The Kier molecular flexibility index (Phi) is 3.73. The van der Waals surface area contributed by atoms with Crippen LogP contribution in [0.15, 0.2) is 60.8 Å². The first-order chi connectivity index (χ1) is 11.0. The topological polar surface area (TPSA) is 42.0 Å². The van der Waals surface area contributed by atoms with Gasteiger partial charge in [-0.3, -0.25) is 9.78 Å². The number of anilines is 1. The number of amides is 1. The number of hydrogen-bond acceptors (Lipinski definition) is 2. The van der Waals surface area contributed by atoms with E-state index in [0.29, 0.717) is 5.56 Å². The minimum absolute atomic E-state index is 0.189. The lowest BCUT2D eigenvalue weighted by molar-refractivity contribution is -0.136. The summed E-state index contributed by atoms with van der Waals surface area (Å²) in [5.74, 6) is -0.393. The summed E-state index contributed by atoms with van der Waals surface area (Å²) in [6.07, 6.45) is -3.26. The molecule has 0 saturated carbocycles. The molecule has 0 saturated heterocycles. The highest BCUT2D eigenvalue weighted by atomic mass is 19.4. The van der Waals surface area contributed by atoms with Crippen LogP contribution in [-0.2, 0) is 6.18 Å². The van der Waals surface area contributed by atoms with Gasteiger partial charge in [0.15, 0.2) is 0 Å². The van der Waals surface area contributed by atoms with Crippen LogP contribution in [0.25, 0.3) is 10.9 Å². The van der Waals surface area contributed by atoms with Crippen molar-refractivity contribution in [3.8, 4) is 0 Å². The molecular weight excluding hydrogens is 305 g/mol.